The second-order valence-corrected chi connectivity index (χ2v) is 29.5. The molecular formula is C78H55N3Si2. The normalized spacial score (nSPS) is 12.1. The third-order valence-corrected chi connectivity index (χ3v) is 27.3. The molecule has 0 saturated heterocycles. The van der Waals surface area contributed by atoms with E-state index in [2.05, 4.69) is 347 Å². The minimum absolute atomic E-state index is 1.11. The Morgan fingerprint density at radius 2 is 0.530 bits per heavy atom. The fourth-order valence-electron chi connectivity index (χ4n) is 14.3. The van der Waals surface area contributed by atoms with Crippen molar-refractivity contribution >= 4 is 123 Å². The first kappa shape index (κ1) is 48.6. The summed E-state index contributed by atoms with van der Waals surface area (Å²) in [5.41, 5.74) is 10.4. The Bertz CT molecular complexity index is 4880. The summed E-state index contributed by atoms with van der Waals surface area (Å²) in [6.07, 6.45) is 0. The van der Waals surface area contributed by atoms with Crippen molar-refractivity contribution in [1.29, 1.82) is 0 Å². The summed E-state index contributed by atoms with van der Waals surface area (Å²) in [6.45, 7) is 0. The Hall–Kier alpha value is -10.3. The Morgan fingerprint density at radius 3 is 1.04 bits per heavy atom. The van der Waals surface area contributed by atoms with E-state index in [9.17, 15) is 0 Å². The highest BCUT2D eigenvalue weighted by molar-refractivity contribution is 7.20. The average molecular weight is 1090 g/mol. The summed E-state index contributed by atoms with van der Waals surface area (Å²) in [4.78, 5) is 0. The van der Waals surface area contributed by atoms with Gasteiger partial charge in [-0.25, -0.2) is 0 Å². The zero-order chi connectivity index (χ0) is 54.9. The molecule has 0 bridgehead atoms. The Labute approximate surface area is 484 Å². The topological polar surface area (TPSA) is 14.8 Å². The van der Waals surface area contributed by atoms with Gasteiger partial charge in [-0.15, -0.1) is 0 Å². The summed E-state index contributed by atoms with van der Waals surface area (Å²) in [5, 5.41) is 18.1. The molecule has 0 saturated carbocycles. The lowest BCUT2D eigenvalue weighted by molar-refractivity contribution is 1.13. The molecule has 390 valence electrons. The monoisotopic (exact) mass is 1090 g/mol. The second-order valence-electron chi connectivity index (χ2n) is 21.9. The van der Waals surface area contributed by atoms with E-state index in [1.165, 1.54) is 101 Å². The van der Waals surface area contributed by atoms with Gasteiger partial charge in [0.15, 0.2) is 16.1 Å². The van der Waals surface area contributed by atoms with Crippen LogP contribution >= 0.6 is 0 Å². The Kier molecular flexibility index (Phi) is 11.6. The van der Waals surface area contributed by atoms with Crippen LogP contribution in [-0.4, -0.2) is 29.8 Å². The molecule has 3 heterocycles. The molecule has 0 aliphatic heterocycles. The van der Waals surface area contributed by atoms with Gasteiger partial charge < -0.3 is 13.7 Å². The van der Waals surface area contributed by atoms with Crippen LogP contribution in [0, 0.1) is 0 Å². The maximum Gasteiger partial charge on any atom is 0.179 e. The van der Waals surface area contributed by atoms with E-state index in [4.69, 9.17) is 0 Å². The van der Waals surface area contributed by atoms with E-state index in [1.807, 2.05) is 0 Å². The molecule has 83 heavy (non-hydrogen) atoms. The first-order chi connectivity index (χ1) is 41.2. The lowest BCUT2D eigenvalue weighted by Crippen LogP contribution is -2.74. The van der Waals surface area contributed by atoms with Crippen LogP contribution in [0.5, 0.6) is 0 Å². The fraction of sp³-hybridized carbons (Fsp3) is 0. The van der Waals surface area contributed by atoms with E-state index < -0.39 is 16.1 Å². The third-order valence-electron chi connectivity index (χ3n) is 17.7. The van der Waals surface area contributed by atoms with E-state index in [0.29, 0.717) is 0 Å². The Balaban J connectivity index is 0.933. The number of para-hydroxylation sites is 4. The van der Waals surface area contributed by atoms with Crippen molar-refractivity contribution in [3.05, 3.63) is 334 Å². The SMILES string of the molecule is c1ccc([Si](c2ccccc2)(c2ccccc2)c2cccc(-n3c4ccccc4c4cc(-n5c6ccccc6c6cccc(-n7c8ccccc8c8ccc([Si](c9ccccc9)(c9ccccc9)c9ccccc9)cc87)c65)ccc43)c2)cc1. The summed E-state index contributed by atoms with van der Waals surface area (Å²) in [5.74, 6) is 0. The van der Waals surface area contributed by atoms with Gasteiger partial charge in [0.05, 0.1) is 38.8 Å². The number of fused-ring (bicyclic) bond motifs is 9. The van der Waals surface area contributed by atoms with Crippen molar-refractivity contribution in [2.75, 3.05) is 0 Å². The molecule has 3 aromatic heterocycles. The number of rotatable bonds is 11. The van der Waals surface area contributed by atoms with Crippen molar-refractivity contribution in [3.63, 3.8) is 0 Å². The predicted octanol–water partition coefficient (Wildman–Crippen LogP) is 13.7. The predicted molar refractivity (Wildman–Crippen MR) is 357 cm³/mol. The summed E-state index contributed by atoms with van der Waals surface area (Å²) in [6, 6.07) is 125. The minimum Gasteiger partial charge on any atom is -0.309 e. The molecule has 3 nitrogen and oxygen atoms in total. The highest BCUT2D eigenvalue weighted by Crippen LogP contribution is 2.41. The van der Waals surface area contributed by atoms with Gasteiger partial charge in [-0.3, -0.25) is 0 Å². The van der Waals surface area contributed by atoms with Gasteiger partial charge in [0.2, 0.25) is 0 Å². The van der Waals surface area contributed by atoms with E-state index in [0.717, 1.165) is 22.6 Å². The largest absolute Gasteiger partial charge is 0.309 e. The minimum atomic E-state index is -2.88. The molecule has 0 spiro atoms. The number of hydrogen-bond donors (Lipinski definition) is 0. The summed E-state index contributed by atoms with van der Waals surface area (Å²) in [7, 11) is -5.70. The maximum absolute atomic E-state index is 2.88. The zero-order valence-corrected chi connectivity index (χ0v) is 47.6. The molecule has 0 radical (unpaired) electrons. The molecule has 0 fully saturated rings. The summed E-state index contributed by atoms with van der Waals surface area (Å²) >= 11 is 0. The maximum atomic E-state index is 2.56. The van der Waals surface area contributed by atoms with E-state index in [-0.39, 0.29) is 0 Å². The number of aromatic nitrogens is 3. The van der Waals surface area contributed by atoms with Gasteiger partial charge in [-0.2, -0.15) is 0 Å². The van der Waals surface area contributed by atoms with Crippen LogP contribution < -0.4 is 41.5 Å². The lowest BCUT2D eigenvalue weighted by atomic mass is 10.1. The molecule has 0 amide bonds. The Morgan fingerprint density at radius 1 is 0.181 bits per heavy atom. The molecule has 5 heteroatoms. The van der Waals surface area contributed by atoms with Crippen molar-refractivity contribution in [2.24, 2.45) is 0 Å². The van der Waals surface area contributed by atoms with Crippen LogP contribution in [0.2, 0.25) is 0 Å². The molecule has 0 aliphatic carbocycles. The van der Waals surface area contributed by atoms with Gasteiger partial charge in [0.1, 0.15) is 0 Å². The molecule has 16 rings (SSSR count). The second kappa shape index (κ2) is 19.7. The van der Waals surface area contributed by atoms with Gasteiger partial charge >= 0.3 is 0 Å². The number of benzene rings is 13. The van der Waals surface area contributed by atoms with Crippen molar-refractivity contribution in [3.8, 4) is 17.1 Å². The van der Waals surface area contributed by atoms with Gasteiger partial charge in [-0.05, 0) is 102 Å². The van der Waals surface area contributed by atoms with Crippen molar-refractivity contribution in [2.45, 2.75) is 0 Å². The summed E-state index contributed by atoms with van der Waals surface area (Å²) < 4.78 is 7.59. The van der Waals surface area contributed by atoms with Crippen LogP contribution in [0.4, 0.5) is 0 Å². The molecular weight excluding hydrogens is 1040 g/mol. The van der Waals surface area contributed by atoms with Crippen LogP contribution in [0.1, 0.15) is 0 Å². The van der Waals surface area contributed by atoms with Crippen molar-refractivity contribution < 1.29 is 0 Å². The van der Waals surface area contributed by atoms with Crippen molar-refractivity contribution in [1.82, 2.24) is 13.7 Å². The first-order valence-corrected chi connectivity index (χ1v) is 32.8. The van der Waals surface area contributed by atoms with E-state index in [1.54, 1.807) is 0 Å². The van der Waals surface area contributed by atoms with Crippen LogP contribution in [0.25, 0.3) is 82.5 Å². The third kappa shape index (κ3) is 7.42. The number of nitrogens with zero attached hydrogens (tertiary/aromatic N) is 3. The number of hydrogen-bond acceptors (Lipinski definition) is 0. The lowest BCUT2D eigenvalue weighted by Gasteiger charge is -2.34. The average Bonchev–Trinajstić information content (AvgIpc) is 2.28. The van der Waals surface area contributed by atoms with Crippen LogP contribution in [-0.2, 0) is 0 Å². The molecule has 13 aromatic carbocycles. The molecule has 0 aliphatic rings. The van der Waals surface area contributed by atoms with Gasteiger partial charge in [0, 0.05) is 43.7 Å². The van der Waals surface area contributed by atoms with Gasteiger partial charge in [-0.1, -0.05) is 273 Å². The quantitative estimate of drug-likeness (QED) is 0.0906. The first-order valence-electron chi connectivity index (χ1n) is 28.8. The van der Waals surface area contributed by atoms with Crippen LogP contribution in [0.15, 0.2) is 334 Å². The standard InChI is InChI=1S/C78H55N3Si2/c1-7-28-58(29-8-1)82(59-30-9-2-10-31-59,60-32-11-3-12-33-60)64-40-25-27-56(53-64)79-72-45-22-21-43-68(72)71-54-57(49-52-75(71)79)80-73-46-23-20-42-67(73)70-44-26-48-76(78(70)80)81-74-47-24-19-41-66(74)69-51-50-65(55-77(69)81)83(61-34-13-4-14-35-61,62-36-15-5-16-37-62)63-38-17-6-18-39-63/h1-55H. The molecule has 0 N–H and O–H groups in total. The van der Waals surface area contributed by atoms with E-state index >= 15 is 0 Å². The fourth-order valence-corrected chi connectivity index (χ4v) is 23.8. The highest BCUT2D eigenvalue weighted by atomic mass is 28.3. The molecule has 0 atom stereocenters. The molecule has 0 unspecified atom stereocenters. The van der Waals surface area contributed by atoms with Crippen LogP contribution in [0.3, 0.4) is 0 Å². The highest BCUT2D eigenvalue weighted by Gasteiger charge is 2.43. The smallest absolute Gasteiger partial charge is 0.179 e. The zero-order valence-electron chi connectivity index (χ0n) is 45.6. The van der Waals surface area contributed by atoms with Gasteiger partial charge in [0.25, 0.3) is 0 Å². The molecule has 16 aromatic rings.